The van der Waals surface area contributed by atoms with Gasteiger partial charge in [-0.05, 0) is 16.0 Å². The van der Waals surface area contributed by atoms with Gasteiger partial charge in [-0.3, -0.25) is 4.99 Å². The molecule has 0 N–H and O–H groups in total. The number of aliphatic imine (C=N–C) groups is 1. The molecule has 1 saturated heterocycles. The van der Waals surface area contributed by atoms with Gasteiger partial charge in [0, 0.05) is 37.5 Å². The molecule has 0 aliphatic carbocycles. The summed E-state index contributed by atoms with van der Waals surface area (Å²) in [6.45, 7) is 6.72. The van der Waals surface area contributed by atoms with Crippen LogP contribution in [0.25, 0.3) is 0 Å². The van der Waals surface area contributed by atoms with Gasteiger partial charge in [0.15, 0.2) is 11.4 Å². The molecule has 1 aromatic heterocycles. The third-order valence-electron chi connectivity index (χ3n) is 3.62. The van der Waals surface area contributed by atoms with Crippen LogP contribution in [0.1, 0.15) is 6.92 Å². The smallest absolute Gasteiger partial charge is 0.363 e. The summed E-state index contributed by atoms with van der Waals surface area (Å²) in [5.41, 5.74) is 0.939. The Kier molecular flexibility index (Phi) is 3.96. The predicted octanol–water partition coefficient (Wildman–Crippen LogP) is 1.60. The molecule has 0 amide bonds. The van der Waals surface area contributed by atoms with Crippen LogP contribution in [0.15, 0.2) is 23.3 Å². The number of nitrogens with zero attached hydrogens (tertiary/aromatic N) is 5. The van der Waals surface area contributed by atoms with Gasteiger partial charge in [0.2, 0.25) is 0 Å². The standard InChI is InChI=1S/C13H17N5O2S/c1-10-8-15-13(21-10)17-6-4-16(5-7-17)11-2-3-12(14-9-11)18(19)20/h2-3,9-10H,4-8H2,1H3. The molecular weight excluding hydrogens is 290 g/mol. The van der Waals surface area contributed by atoms with E-state index in [-0.39, 0.29) is 5.82 Å². The Hall–Kier alpha value is -1.83. The fourth-order valence-electron chi connectivity index (χ4n) is 2.46. The van der Waals surface area contributed by atoms with Crippen molar-refractivity contribution >= 4 is 28.4 Å². The Morgan fingerprint density at radius 1 is 1.29 bits per heavy atom. The topological polar surface area (TPSA) is 74.9 Å². The lowest BCUT2D eigenvalue weighted by atomic mass is 10.3. The van der Waals surface area contributed by atoms with Crippen LogP contribution in [0.5, 0.6) is 0 Å². The average Bonchev–Trinajstić information content (AvgIpc) is 2.94. The maximum Gasteiger partial charge on any atom is 0.363 e. The summed E-state index contributed by atoms with van der Waals surface area (Å²) >= 11 is 1.84. The van der Waals surface area contributed by atoms with Crippen molar-refractivity contribution in [2.75, 3.05) is 37.6 Å². The zero-order valence-corrected chi connectivity index (χ0v) is 12.6. The number of hydrogen-bond acceptors (Lipinski definition) is 7. The van der Waals surface area contributed by atoms with Crippen LogP contribution < -0.4 is 4.90 Å². The third kappa shape index (κ3) is 3.10. The molecule has 0 bridgehead atoms. The molecular formula is C13H17N5O2S. The Morgan fingerprint density at radius 2 is 2.00 bits per heavy atom. The molecule has 2 aliphatic rings. The van der Waals surface area contributed by atoms with Gasteiger partial charge in [-0.2, -0.15) is 0 Å². The number of amidine groups is 1. The van der Waals surface area contributed by atoms with Crippen molar-refractivity contribution in [2.45, 2.75) is 12.2 Å². The molecule has 0 saturated carbocycles. The number of aromatic nitrogens is 1. The van der Waals surface area contributed by atoms with E-state index in [2.05, 4.69) is 26.7 Å². The maximum absolute atomic E-state index is 10.6. The molecule has 1 aromatic rings. The van der Waals surface area contributed by atoms with Crippen molar-refractivity contribution < 1.29 is 4.92 Å². The summed E-state index contributed by atoms with van der Waals surface area (Å²) in [4.78, 5) is 23.1. The zero-order valence-electron chi connectivity index (χ0n) is 11.8. The summed E-state index contributed by atoms with van der Waals surface area (Å²) in [5, 5.41) is 12.3. The second-order valence-electron chi connectivity index (χ2n) is 5.16. The molecule has 1 atom stereocenters. The fourth-order valence-corrected chi connectivity index (χ4v) is 3.45. The van der Waals surface area contributed by atoms with E-state index in [1.165, 1.54) is 6.07 Å². The van der Waals surface area contributed by atoms with E-state index in [0.29, 0.717) is 5.25 Å². The quantitative estimate of drug-likeness (QED) is 0.610. The van der Waals surface area contributed by atoms with Crippen LogP contribution in [-0.2, 0) is 0 Å². The Balaban J connectivity index is 1.59. The van der Waals surface area contributed by atoms with Gasteiger partial charge in [-0.1, -0.05) is 18.7 Å². The third-order valence-corrected chi connectivity index (χ3v) is 4.77. The lowest BCUT2D eigenvalue weighted by Gasteiger charge is -2.36. The first-order valence-corrected chi connectivity index (χ1v) is 7.83. The van der Waals surface area contributed by atoms with Gasteiger partial charge < -0.3 is 19.9 Å². The second kappa shape index (κ2) is 5.88. The van der Waals surface area contributed by atoms with Gasteiger partial charge in [-0.25, -0.2) is 0 Å². The van der Waals surface area contributed by atoms with Crippen molar-refractivity contribution in [1.82, 2.24) is 9.88 Å². The van der Waals surface area contributed by atoms with E-state index in [0.717, 1.165) is 43.6 Å². The molecule has 2 aliphatic heterocycles. The number of piperazine rings is 1. The number of thioether (sulfide) groups is 1. The predicted molar refractivity (Wildman–Crippen MR) is 84.0 cm³/mol. The van der Waals surface area contributed by atoms with Crippen LogP contribution >= 0.6 is 11.8 Å². The molecule has 8 heteroatoms. The van der Waals surface area contributed by atoms with Gasteiger partial charge >= 0.3 is 5.82 Å². The lowest BCUT2D eigenvalue weighted by molar-refractivity contribution is -0.389. The molecule has 0 radical (unpaired) electrons. The summed E-state index contributed by atoms with van der Waals surface area (Å²) in [7, 11) is 0. The van der Waals surface area contributed by atoms with Crippen LogP contribution in [0.4, 0.5) is 11.5 Å². The van der Waals surface area contributed by atoms with Crippen molar-refractivity contribution in [1.29, 1.82) is 0 Å². The number of nitro groups is 1. The monoisotopic (exact) mass is 307 g/mol. The van der Waals surface area contributed by atoms with Gasteiger partial charge in [0.1, 0.15) is 0 Å². The zero-order chi connectivity index (χ0) is 14.8. The van der Waals surface area contributed by atoms with E-state index in [9.17, 15) is 10.1 Å². The lowest BCUT2D eigenvalue weighted by Crippen LogP contribution is -2.47. The van der Waals surface area contributed by atoms with Crippen molar-refractivity contribution in [3.05, 3.63) is 28.4 Å². The van der Waals surface area contributed by atoms with Crippen molar-refractivity contribution in [3.8, 4) is 0 Å². The Labute approximate surface area is 127 Å². The van der Waals surface area contributed by atoms with Gasteiger partial charge in [0.05, 0.1) is 12.2 Å². The van der Waals surface area contributed by atoms with E-state index in [1.807, 2.05) is 11.8 Å². The highest BCUT2D eigenvalue weighted by Gasteiger charge is 2.25. The normalized spacial score (nSPS) is 22.3. The van der Waals surface area contributed by atoms with E-state index in [1.54, 1.807) is 12.3 Å². The number of pyridine rings is 1. The van der Waals surface area contributed by atoms with Crippen molar-refractivity contribution in [3.63, 3.8) is 0 Å². The first-order valence-electron chi connectivity index (χ1n) is 6.95. The number of hydrogen-bond donors (Lipinski definition) is 0. The largest absolute Gasteiger partial charge is 0.365 e. The molecule has 0 spiro atoms. The van der Waals surface area contributed by atoms with E-state index >= 15 is 0 Å². The summed E-state index contributed by atoms with van der Waals surface area (Å²) in [6, 6.07) is 3.23. The van der Waals surface area contributed by atoms with Gasteiger partial charge in [-0.15, -0.1) is 0 Å². The molecule has 0 aromatic carbocycles. The first-order chi connectivity index (χ1) is 10.1. The number of anilines is 1. The van der Waals surface area contributed by atoms with Crippen LogP contribution in [0.3, 0.4) is 0 Å². The highest BCUT2D eigenvalue weighted by Crippen LogP contribution is 2.25. The van der Waals surface area contributed by atoms with Crippen molar-refractivity contribution in [2.24, 2.45) is 4.99 Å². The van der Waals surface area contributed by atoms with Crippen LogP contribution in [-0.4, -0.2) is 57.9 Å². The Morgan fingerprint density at radius 3 is 2.52 bits per heavy atom. The van der Waals surface area contributed by atoms with Gasteiger partial charge in [0.25, 0.3) is 0 Å². The molecule has 1 unspecified atom stereocenters. The summed E-state index contributed by atoms with van der Waals surface area (Å²) in [5.74, 6) is -0.108. The molecule has 112 valence electrons. The Bertz CT molecular complexity index is 554. The molecule has 3 rings (SSSR count). The average molecular weight is 307 g/mol. The molecule has 21 heavy (non-hydrogen) atoms. The molecule has 7 nitrogen and oxygen atoms in total. The maximum atomic E-state index is 10.6. The van der Waals surface area contributed by atoms with E-state index < -0.39 is 4.92 Å². The minimum Gasteiger partial charge on any atom is -0.365 e. The molecule has 3 heterocycles. The minimum absolute atomic E-state index is 0.108. The second-order valence-corrected chi connectivity index (χ2v) is 6.56. The highest BCUT2D eigenvalue weighted by molar-refractivity contribution is 8.14. The first kappa shape index (κ1) is 14.1. The van der Waals surface area contributed by atoms with Crippen LogP contribution in [0.2, 0.25) is 0 Å². The molecule has 1 fully saturated rings. The van der Waals surface area contributed by atoms with Crippen LogP contribution in [0, 0.1) is 10.1 Å². The SMILES string of the molecule is CC1CN=C(N2CCN(c3ccc([N+](=O)[O-])nc3)CC2)S1. The number of rotatable bonds is 2. The summed E-state index contributed by atoms with van der Waals surface area (Å²) in [6.07, 6.45) is 1.58. The highest BCUT2D eigenvalue weighted by atomic mass is 32.2. The van der Waals surface area contributed by atoms with E-state index in [4.69, 9.17) is 0 Å². The minimum atomic E-state index is -0.474. The summed E-state index contributed by atoms with van der Waals surface area (Å²) < 4.78 is 0. The fraction of sp³-hybridized carbons (Fsp3) is 0.538.